The van der Waals surface area contributed by atoms with Gasteiger partial charge in [0, 0.05) is 16.8 Å². The van der Waals surface area contributed by atoms with Crippen molar-refractivity contribution >= 4 is 51.4 Å². The van der Waals surface area contributed by atoms with Crippen molar-refractivity contribution in [1.82, 2.24) is 10.2 Å². The van der Waals surface area contributed by atoms with Crippen LogP contribution >= 0.6 is 34.7 Å². The van der Waals surface area contributed by atoms with E-state index in [1.54, 1.807) is 12.1 Å². The smallest absolute Gasteiger partial charge is 0.283 e. The molecule has 1 amide bonds. The second-order valence-electron chi connectivity index (χ2n) is 5.34. The van der Waals surface area contributed by atoms with Crippen LogP contribution in [0.5, 0.6) is 0 Å². The molecule has 0 bridgehead atoms. The summed E-state index contributed by atoms with van der Waals surface area (Å²) in [6.45, 7) is 0. The predicted octanol–water partition coefficient (Wildman–Crippen LogP) is 4.52. The van der Waals surface area contributed by atoms with E-state index in [2.05, 4.69) is 21.6 Å². The van der Waals surface area contributed by atoms with Crippen LogP contribution in [-0.2, 0) is 5.75 Å². The number of nitrogens with one attached hydrogen (secondary N) is 1. The minimum absolute atomic E-state index is 0.114. The number of nitriles is 1. The standard InChI is InChI=1S/C17H10ClN5O3S2/c18-12-5-6-13(14(7-12)23(25)26)15(24)20-16-21-22-17(28-16)27-9-11-3-1-10(8-19)2-4-11/h1-7H,9H2,(H,20,21,24). The first-order valence-corrected chi connectivity index (χ1v) is 9.85. The van der Waals surface area contributed by atoms with Crippen molar-refractivity contribution < 1.29 is 9.72 Å². The normalized spacial score (nSPS) is 10.3. The molecule has 1 N–H and O–H groups in total. The molecule has 0 unspecified atom stereocenters. The largest absolute Gasteiger partial charge is 0.296 e. The van der Waals surface area contributed by atoms with Crippen molar-refractivity contribution in [3.63, 3.8) is 0 Å². The molecule has 140 valence electrons. The van der Waals surface area contributed by atoms with Gasteiger partial charge in [-0.3, -0.25) is 20.2 Å². The molecule has 28 heavy (non-hydrogen) atoms. The number of hydrogen-bond donors (Lipinski definition) is 1. The fourth-order valence-corrected chi connectivity index (χ4v) is 4.02. The van der Waals surface area contributed by atoms with Gasteiger partial charge in [-0.25, -0.2) is 0 Å². The molecule has 0 fully saturated rings. The molecule has 0 saturated carbocycles. The summed E-state index contributed by atoms with van der Waals surface area (Å²) in [5, 5.41) is 30.7. The van der Waals surface area contributed by atoms with Crippen molar-refractivity contribution in [2.45, 2.75) is 10.1 Å². The number of aromatic nitrogens is 2. The Kier molecular flexibility index (Phi) is 6.20. The zero-order valence-corrected chi connectivity index (χ0v) is 16.3. The van der Waals surface area contributed by atoms with E-state index in [0.717, 1.165) is 23.0 Å². The Morgan fingerprint density at radius 1 is 1.29 bits per heavy atom. The molecule has 0 aliphatic carbocycles. The second kappa shape index (κ2) is 8.79. The number of rotatable bonds is 6. The lowest BCUT2D eigenvalue weighted by Crippen LogP contribution is -2.13. The molecule has 0 atom stereocenters. The summed E-state index contributed by atoms with van der Waals surface area (Å²) in [5.41, 5.74) is 1.11. The van der Waals surface area contributed by atoms with Gasteiger partial charge in [-0.15, -0.1) is 10.2 Å². The Morgan fingerprint density at radius 2 is 2.04 bits per heavy atom. The first-order chi connectivity index (χ1) is 13.5. The van der Waals surface area contributed by atoms with Gasteiger partial charge >= 0.3 is 0 Å². The van der Waals surface area contributed by atoms with Gasteiger partial charge in [0.05, 0.1) is 16.6 Å². The molecule has 0 radical (unpaired) electrons. The van der Waals surface area contributed by atoms with E-state index in [1.807, 2.05) is 12.1 Å². The van der Waals surface area contributed by atoms with E-state index in [-0.39, 0.29) is 21.4 Å². The number of nitrogens with zero attached hydrogens (tertiary/aromatic N) is 4. The quantitative estimate of drug-likeness (QED) is 0.263. The number of hydrogen-bond acceptors (Lipinski definition) is 8. The number of carbonyl (C=O) groups excluding carboxylic acids is 1. The van der Waals surface area contributed by atoms with Gasteiger partial charge in [0.2, 0.25) is 5.13 Å². The fraction of sp³-hybridized carbons (Fsp3) is 0.0588. The average Bonchev–Trinajstić information content (AvgIpc) is 3.13. The number of thioether (sulfide) groups is 1. The molecular formula is C17H10ClN5O3S2. The highest BCUT2D eigenvalue weighted by Crippen LogP contribution is 2.29. The molecule has 8 nitrogen and oxygen atoms in total. The van der Waals surface area contributed by atoms with Gasteiger partial charge in [0.25, 0.3) is 11.6 Å². The van der Waals surface area contributed by atoms with Gasteiger partial charge in [-0.05, 0) is 29.8 Å². The minimum Gasteiger partial charge on any atom is -0.296 e. The van der Waals surface area contributed by atoms with Crippen LogP contribution in [-0.4, -0.2) is 21.0 Å². The van der Waals surface area contributed by atoms with Crippen molar-refractivity contribution in [3.05, 3.63) is 74.3 Å². The van der Waals surface area contributed by atoms with Crippen molar-refractivity contribution in [2.24, 2.45) is 0 Å². The summed E-state index contributed by atoms with van der Waals surface area (Å²) in [4.78, 5) is 22.8. The zero-order chi connectivity index (χ0) is 20.1. The summed E-state index contributed by atoms with van der Waals surface area (Å²) in [6.07, 6.45) is 0. The van der Waals surface area contributed by atoms with Gasteiger partial charge in [-0.1, -0.05) is 46.8 Å². The third kappa shape index (κ3) is 4.83. The zero-order valence-electron chi connectivity index (χ0n) is 14.0. The lowest BCUT2D eigenvalue weighted by atomic mass is 10.1. The Morgan fingerprint density at radius 3 is 2.71 bits per heavy atom. The lowest BCUT2D eigenvalue weighted by molar-refractivity contribution is -0.385. The van der Waals surface area contributed by atoms with Crippen molar-refractivity contribution in [3.8, 4) is 6.07 Å². The van der Waals surface area contributed by atoms with E-state index in [4.69, 9.17) is 16.9 Å². The minimum atomic E-state index is -0.667. The maximum Gasteiger partial charge on any atom is 0.283 e. The van der Waals surface area contributed by atoms with Gasteiger partial charge in [0.15, 0.2) is 4.34 Å². The molecule has 11 heteroatoms. The average molecular weight is 432 g/mol. The lowest BCUT2D eigenvalue weighted by Gasteiger charge is -2.03. The molecule has 0 spiro atoms. The Labute approximate surface area is 172 Å². The molecule has 0 aliphatic rings. The van der Waals surface area contributed by atoms with E-state index >= 15 is 0 Å². The van der Waals surface area contributed by atoms with Crippen LogP contribution in [0.3, 0.4) is 0 Å². The van der Waals surface area contributed by atoms with E-state index in [0.29, 0.717) is 15.7 Å². The second-order valence-corrected chi connectivity index (χ2v) is 7.98. The monoisotopic (exact) mass is 431 g/mol. The highest BCUT2D eigenvalue weighted by atomic mass is 35.5. The van der Waals surface area contributed by atoms with Gasteiger partial charge in [-0.2, -0.15) is 5.26 Å². The Bertz CT molecular complexity index is 1080. The molecular weight excluding hydrogens is 422 g/mol. The van der Waals surface area contributed by atoms with Gasteiger partial charge < -0.3 is 0 Å². The number of nitro groups is 1. The fourth-order valence-electron chi connectivity index (χ4n) is 2.15. The maximum atomic E-state index is 12.3. The van der Waals surface area contributed by atoms with Crippen LogP contribution in [0.1, 0.15) is 21.5 Å². The number of halogens is 1. The molecule has 1 heterocycles. The molecule has 3 aromatic rings. The predicted molar refractivity (Wildman–Crippen MR) is 107 cm³/mol. The first-order valence-electron chi connectivity index (χ1n) is 7.67. The Balaban J connectivity index is 1.65. The van der Waals surface area contributed by atoms with E-state index in [1.165, 1.54) is 23.9 Å². The number of anilines is 1. The van der Waals surface area contributed by atoms with Crippen molar-refractivity contribution in [1.29, 1.82) is 5.26 Å². The van der Waals surface area contributed by atoms with Crippen LogP contribution in [0.2, 0.25) is 5.02 Å². The van der Waals surface area contributed by atoms with Crippen molar-refractivity contribution in [2.75, 3.05) is 5.32 Å². The first kappa shape index (κ1) is 19.8. The van der Waals surface area contributed by atoms with Gasteiger partial charge in [0.1, 0.15) is 5.56 Å². The molecule has 1 aromatic heterocycles. The summed E-state index contributed by atoms with van der Waals surface area (Å²) < 4.78 is 0.630. The third-order valence-corrected chi connectivity index (χ3v) is 5.75. The highest BCUT2D eigenvalue weighted by molar-refractivity contribution is 8.00. The summed E-state index contributed by atoms with van der Waals surface area (Å²) in [5.74, 6) is -0.0418. The topological polar surface area (TPSA) is 122 Å². The van der Waals surface area contributed by atoms with Crippen LogP contribution in [0.4, 0.5) is 10.8 Å². The van der Waals surface area contributed by atoms with Crippen LogP contribution in [0.25, 0.3) is 0 Å². The summed E-state index contributed by atoms with van der Waals surface area (Å²) >= 11 is 8.34. The van der Waals surface area contributed by atoms with Crippen LogP contribution in [0.15, 0.2) is 46.8 Å². The number of benzene rings is 2. The number of nitro benzene ring substituents is 1. The van der Waals surface area contributed by atoms with Crippen LogP contribution in [0, 0.1) is 21.4 Å². The molecule has 0 aliphatic heterocycles. The molecule has 2 aromatic carbocycles. The third-order valence-electron chi connectivity index (χ3n) is 3.47. The molecule has 3 rings (SSSR count). The number of carbonyl (C=O) groups is 1. The summed E-state index contributed by atoms with van der Waals surface area (Å²) in [7, 11) is 0. The van der Waals surface area contributed by atoms with E-state index < -0.39 is 10.8 Å². The number of amides is 1. The summed E-state index contributed by atoms with van der Waals surface area (Å²) in [6, 6.07) is 13.1. The van der Waals surface area contributed by atoms with Crippen LogP contribution < -0.4 is 5.32 Å². The molecule has 0 saturated heterocycles. The Hall–Kier alpha value is -3.00. The SMILES string of the molecule is N#Cc1ccc(CSc2nnc(NC(=O)c3ccc(Cl)cc3[N+](=O)[O-])s2)cc1. The maximum absolute atomic E-state index is 12.3. The highest BCUT2D eigenvalue weighted by Gasteiger charge is 2.21. The van der Waals surface area contributed by atoms with E-state index in [9.17, 15) is 14.9 Å².